The maximum atomic E-state index is 9.57. The molecule has 0 bridgehead atoms. The van der Waals surface area contributed by atoms with E-state index in [9.17, 15) is 9.59 Å². The van der Waals surface area contributed by atoms with Crippen LogP contribution < -0.4 is 5.73 Å². The smallest absolute Gasteiger partial charge is 0.327 e. The molecule has 5 nitrogen and oxygen atoms in total. The Labute approximate surface area is 63.4 Å². The Morgan fingerprint density at radius 2 is 1.55 bits per heavy atom. The van der Waals surface area contributed by atoms with Crippen LogP contribution in [0.15, 0.2) is 25.0 Å². The van der Waals surface area contributed by atoms with Crippen molar-refractivity contribution in [3.05, 3.63) is 25.0 Å². The minimum atomic E-state index is -0.981. The molecule has 62 valence electrons. The molecule has 0 heterocycles. The first kappa shape index (κ1) is 12.0. The third-order valence-corrected chi connectivity index (χ3v) is 0.459. The molecule has 0 saturated carbocycles. The van der Waals surface area contributed by atoms with Gasteiger partial charge in [-0.2, -0.15) is 0 Å². The highest BCUT2D eigenvalue weighted by Crippen LogP contribution is 1.71. The van der Waals surface area contributed by atoms with Crippen molar-refractivity contribution in [2.75, 3.05) is 0 Å². The molecule has 0 aliphatic carbocycles. The van der Waals surface area contributed by atoms with Gasteiger partial charge in [-0.25, -0.2) is 4.79 Å². The van der Waals surface area contributed by atoms with Crippen LogP contribution in [0.1, 0.15) is 0 Å². The van der Waals surface area contributed by atoms with Crippen LogP contribution in [0.5, 0.6) is 0 Å². The second kappa shape index (κ2) is 6.34. The van der Waals surface area contributed by atoms with Crippen LogP contribution in [0.2, 0.25) is 0 Å². The molecule has 0 aromatic carbocycles. The van der Waals surface area contributed by atoms with Gasteiger partial charge in [-0.3, -0.25) is 4.79 Å². The zero-order valence-electron chi connectivity index (χ0n) is 5.78. The Hall–Kier alpha value is -1.78. The van der Waals surface area contributed by atoms with Crippen molar-refractivity contribution < 1.29 is 19.8 Å². The summed E-state index contributed by atoms with van der Waals surface area (Å²) in [5.74, 6) is -2.46. The zero-order chi connectivity index (χ0) is 9.44. The molecule has 5 heteroatoms. The lowest BCUT2D eigenvalue weighted by Crippen LogP contribution is -2.11. The van der Waals surface area contributed by atoms with Gasteiger partial charge in [-0.1, -0.05) is 13.2 Å². The number of aliphatic carboxylic acids is 1. The molecule has 0 spiro atoms. The van der Waals surface area contributed by atoms with Crippen LogP contribution in [0.25, 0.3) is 0 Å². The van der Waals surface area contributed by atoms with Gasteiger partial charge in [0, 0.05) is 6.08 Å². The highest BCUT2D eigenvalue weighted by molar-refractivity contribution is 5.88. The number of carboxylic acid groups (broad SMARTS) is 1. The first-order chi connectivity index (χ1) is 4.91. The van der Waals surface area contributed by atoms with Crippen molar-refractivity contribution >= 4 is 11.9 Å². The lowest BCUT2D eigenvalue weighted by Gasteiger charge is -1.81. The molecule has 1 amide bonds. The van der Waals surface area contributed by atoms with Gasteiger partial charge < -0.3 is 15.9 Å². The van der Waals surface area contributed by atoms with E-state index in [1.165, 1.54) is 0 Å². The number of amides is 1. The minimum absolute atomic E-state index is 0.602. The number of hydrogen-bond donors (Lipinski definition) is 3. The highest BCUT2D eigenvalue weighted by atomic mass is 16.4. The molecule has 0 aromatic heterocycles. The molecular formula is C6H9NO4. The quantitative estimate of drug-likeness (QED) is 0.383. The topological polar surface area (TPSA) is 101 Å². The average molecular weight is 159 g/mol. The van der Waals surface area contributed by atoms with Gasteiger partial charge in [-0.15, -0.1) is 0 Å². The van der Waals surface area contributed by atoms with Gasteiger partial charge in [0.15, 0.2) is 5.76 Å². The molecule has 0 rings (SSSR count). The van der Waals surface area contributed by atoms with Gasteiger partial charge >= 0.3 is 5.97 Å². The Morgan fingerprint density at radius 1 is 1.36 bits per heavy atom. The molecule has 0 fully saturated rings. The summed E-state index contributed by atoms with van der Waals surface area (Å²) in [6.07, 6.45) is 0.833. The maximum absolute atomic E-state index is 9.57. The predicted octanol–water partition coefficient (Wildman–Crippen LogP) is -0.200. The third kappa shape index (κ3) is 17.9. The number of hydrogen-bond acceptors (Lipinski definition) is 3. The molecular weight excluding hydrogens is 150 g/mol. The number of aliphatic hydroxyl groups is 1. The molecule has 0 radical (unpaired) electrons. The van der Waals surface area contributed by atoms with Gasteiger partial charge in [0.05, 0.1) is 0 Å². The Kier molecular flexibility index (Phi) is 6.89. The van der Waals surface area contributed by atoms with Crippen molar-refractivity contribution in [1.82, 2.24) is 0 Å². The molecule has 0 unspecified atom stereocenters. The van der Waals surface area contributed by atoms with E-state index < -0.39 is 17.6 Å². The summed E-state index contributed by atoms with van der Waals surface area (Å²) in [5.41, 5.74) is 4.45. The monoisotopic (exact) mass is 159 g/mol. The first-order valence-electron chi connectivity index (χ1n) is 2.44. The molecule has 0 aliphatic rings. The first-order valence-corrected chi connectivity index (χ1v) is 2.44. The minimum Gasteiger partial charge on any atom is -0.503 e. The summed E-state index contributed by atoms with van der Waals surface area (Å²) in [4.78, 5) is 18.8. The lowest BCUT2D eigenvalue weighted by atomic mass is 10.6. The molecule has 0 atom stereocenters. The average Bonchev–Trinajstić information content (AvgIpc) is 1.89. The van der Waals surface area contributed by atoms with Crippen LogP contribution in [-0.2, 0) is 9.59 Å². The number of rotatable bonds is 2. The van der Waals surface area contributed by atoms with Crippen LogP contribution >= 0.6 is 0 Å². The normalized spacial score (nSPS) is 6.91. The van der Waals surface area contributed by atoms with Gasteiger partial charge in [0.25, 0.3) is 5.91 Å². The number of carboxylic acids is 1. The fraction of sp³-hybridized carbons (Fsp3) is 0. The maximum Gasteiger partial charge on any atom is 0.327 e. The lowest BCUT2D eigenvalue weighted by molar-refractivity contribution is -0.131. The largest absolute Gasteiger partial charge is 0.503 e. The Bertz CT molecular complexity index is 173. The van der Waals surface area contributed by atoms with E-state index in [4.69, 9.17) is 10.2 Å². The number of aliphatic hydroxyl groups excluding tert-OH is 1. The predicted molar refractivity (Wildman–Crippen MR) is 38.8 cm³/mol. The van der Waals surface area contributed by atoms with Crippen molar-refractivity contribution in [3.63, 3.8) is 0 Å². The van der Waals surface area contributed by atoms with E-state index in [-0.39, 0.29) is 0 Å². The standard InChI is InChI=1S/C3H5NO2.C3H4O2/c1-2(5)3(4)6;1-2-3(4)5/h5H,1H2,(H2,4,6);2H,1H2,(H,4,5). The summed E-state index contributed by atoms with van der Waals surface area (Å²) in [6.45, 7) is 5.80. The second-order valence-electron chi connectivity index (χ2n) is 1.35. The van der Waals surface area contributed by atoms with Crippen LogP contribution in [0.4, 0.5) is 0 Å². The van der Waals surface area contributed by atoms with E-state index in [2.05, 4.69) is 18.9 Å². The van der Waals surface area contributed by atoms with Gasteiger partial charge in [0.2, 0.25) is 0 Å². The highest BCUT2D eigenvalue weighted by Gasteiger charge is 1.90. The number of nitrogens with two attached hydrogens (primary N) is 1. The Balaban J connectivity index is 0. The van der Waals surface area contributed by atoms with Crippen molar-refractivity contribution in [3.8, 4) is 0 Å². The van der Waals surface area contributed by atoms with E-state index in [1.807, 2.05) is 0 Å². The Morgan fingerprint density at radius 3 is 1.55 bits per heavy atom. The fourth-order valence-electron chi connectivity index (χ4n) is 0. The van der Waals surface area contributed by atoms with Crippen LogP contribution in [-0.4, -0.2) is 22.1 Å². The zero-order valence-corrected chi connectivity index (χ0v) is 5.78. The molecule has 11 heavy (non-hydrogen) atoms. The fourth-order valence-corrected chi connectivity index (χ4v) is 0. The molecule has 4 N–H and O–H groups in total. The molecule has 0 saturated heterocycles. The number of primary amides is 1. The van der Waals surface area contributed by atoms with E-state index in [0.29, 0.717) is 0 Å². The summed E-state index contributed by atoms with van der Waals surface area (Å²) >= 11 is 0. The third-order valence-electron chi connectivity index (χ3n) is 0.459. The van der Waals surface area contributed by atoms with Crippen molar-refractivity contribution in [2.24, 2.45) is 5.73 Å². The molecule has 0 aliphatic heterocycles. The number of carbonyl (C=O) groups excluding carboxylic acids is 1. The van der Waals surface area contributed by atoms with Crippen LogP contribution in [0.3, 0.4) is 0 Å². The van der Waals surface area contributed by atoms with E-state index in [0.717, 1.165) is 6.08 Å². The second-order valence-corrected chi connectivity index (χ2v) is 1.35. The summed E-state index contributed by atoms with van der Waals surface area (Å²) < 4.78 is 0. The van der Waals surface area contributed by atoms with Gasteiger partial charge in [-0.05, 0) is 0 Å². The van der Waals surface area contributed by atoms with Crippen molar-refractivity contribution in [2.45, 2.75) is 0 Å². The summed E-state index contributed by atoms with van der Waals surface area (Å²) in [6, 6.07) is 0. The number of carbonyl (C=O) groups is 2. The van der Waals surface area contributed by atoms with Crippen molar-refractivity contribution in [1.29, 1.82) is 0 Å². The van der Waals surface area contributed by atoms with E-state index in [1.54, 1.807) is 0 Å². The summed E-state index contributed by atoms with van der Waals surface area (Å²) in [5, 5.41) is 15.6. The van der Waals surface area contributed by atoms with E-state index >= 15 is 0 Å². The summed E-state index contributed by atoms with van der Waals surface area (Å²) in [7, 11) is 0. The SMILES string of the molecule is C=C(O)C(N)=O.C=CC(=O)O. The van der Waals surface area contributed by atoms with Crippen LogP contribution in [0, 0.1) is 0 Å². The van der Waals surface area contributed by atoms with Gasteiger partial charge in [0.1, 0.15) is 0 Å². The molecule has 0 aromatic rings.